The number of benzene rings is 2. The van der Waals surface area contributed by atoms with Crippen molar-refractivity contribution in [2.75, 3.05) is 12.7 Å². The second kappa shape index (κ2) is 19.3. The third kappa shape index (κ3) is 12.6. The van der Waals surface area contributed by atoms with Gasteiger partial charge in [0.1, 0.15) is 0 Å². The summed E-state index contributed by atoms with van der Waals surface area (Å²) in [7, 11) is 7.38. The Balaban J connectivity index is 0.000000425. The van der Waals surface area contributed by atoms with Crippen LogP contribution in [0.5, 0.6) is 0 Å². The molecule has 1 heterocycles. The molecule has 0 bridgehead atoms. The second-order valence-corrected chi connectivity index (χ2v) is 5.60. The molecular formula is C21H25ClN2OOsP-. The summed E-state index contributed by atoms with van der Waals surface area (Å²) in [5.74, 6) is 0. The number of hydrogen-bond acceptors (Lipinski definition) is 3. The molecule has 1 N–H and O–H groups in total. The van der Waals surface area contributed by atoms with Crippen LogP contribution in [-0.4, -0.2) is 24.5 Å². The van der Waals surface area contributed by atoms with Gasteiger partial charge in [-0.15, -0.1) is 9.24 Å². The Morgan fingerprint density at radius 2 is 1.33 bits per heavy atom. The summed E-state index contributed by atoms with van der Waals surface area (Å²) in [5, 5.41) is 3.27. The van der Waals surface area contributed by atoms with Crippen molar-refractivity contribution in [1.82, 2.24) is 10.3 Å². The zero-order valence-electron chi connectivity index (χ0n) is 15.0. The summed E-state index contributed by atoms with van der Waals surface area (Å²) in [6.45, 7) is 5.15. The van der Waals surface area contributed by atoms with Crippen molar-refractivity contribution in [1.29, 1.82) is 0 Å². The van der Waals surface area contributed by atoms with Crippen molar-refractivity contribution in [3.63, 3.8) is 0 Å². The normalized spacial score (nSPS) is 8.74. The molecule has 1 atom stereocenters. The van der Waals surface area contributed by atoms with Crippen LogP contribution >= 0.6 is 18.9 Å². The quantitative estimate of drug-likeness (QED) is 0.209. The van der Waals surface area contributed by atoms with Crippen LogP contribution in [0, 0.1) is 0 Å². The van der Waals surface area contributed by atoms with E-state index in [-0.39, 0.29) is 0 Å². The average molecular weight is 578 g/mol. The fraction of sp³-hybridized carbons (Fsp3) is 0.143. The standard InChI is InChI=1S/C12H10.C8H13N2P.CHO.ClH.Os.H/c1-3-7-11(8-4-1)12-9-5-2-6-10-12;11-6-5-9-7-8-3-1-2-4-10-8;1-2;;;/h1-10H;1-4,9H,5-7,11H2;1H;1H;;/q;;-1;;+1;/p-1. The van der Waals surface area contributed by atoms with E-state index in [4.69, 9.17) is 14.4 Å². The second-order valence-electron chi connectivity index (χ2n) is 5.02. The van der Waals surface area contributed by atoms with Crippen molar-refractivity contribution in [2.45, 2.75) is 6.54 Å². The van der Waals surface area contributed by atoms with Crippen LogP contribution in [0.4, 0.5) is 0 Å². The molecule has 0 saturated carbocycles. The predicted octanol–water partition coefficient (Wildman–Crippen LogP) is 4.55. The number of carbonyl (C=O) groups excluding carboxylic acids is 1. The first-order valence-electron chi connectivity index (χ1n) is 8.19. The van der Waals surface area contributed by atoms with Gasteiger partial charge in [0.2, 0.25) is 0 Å². The maximum absolute atomic E-state index is 7.75. The summed E-state index contributed by atoms with van der Waals surface area (Å²) in [6.07, 6.45) is 2.91. The van der Waals surface area contributed by atoms with Gasteiger partial charge in [-0.05, 0) is 36.0 Å². The minimum absolute atomic E-state index is 0.870. The van der Waals surface area contributed by atoms with Crippen molar-refractivity contribution in [2.24, 2.45) is 0 Å². The maximum atomic E-state index is 7.75. The Labute approximate surface area is 179 Å². The van der Waals surface area contributed by atoms with E-state index in [0.29, 0.717) is 0 Å². The first-order chi connectivity index (χ1) is 13.4. The van der Waals surface area contributed by atoms with Crippen LogP contribution in [0.15, 0.2) is 85.1 Å². The van der Waals surface area contributed by atoms with Crippen molar-refractivity contribution in [3.05, 3.63) is 90.8 Å². The fourth-order valence-electron chi connectivity index (χ4n) is 2.08. The zero-order valence-corrected chi connectivity index (χ0v) is 19.6. The molecule has 3 aromatic rings. The molecule has 0 fully saturated rings. The largest absolute Gasteiger partial charge is 0.0622 e. The minimum Gasteiger partial charge on any atom is -0.0622 e. The third-order valence-corrected chi connectivity index (χ3v) is 3.52. The summed E-state index contributed by atoms with van der Waals surface area (Å²) in [4.78, 5) is 11.9. The number of rotatable bonds is 5. The SMILES string of the molecule is PCCNCc1ccccn1.[CH-]=O.[Cl][OsH].c1ccc(-c2ccccc2)cc1. The summed E-state index contributed by atoms with van der Waals surface area (Å²) >= 11 is 1.19. The maximum Gasteiger partial charge on any atom is -0.0184 e. The zero-order chi connectivity index (χ0) is 20.2. The smallest absolute Gasteiger partial charge is 0.0184 e. The topological polar surface area (TPSA) is 42.0 Å². The van der Waals surface area contributed by atoms with Gasteiger partial charge in [-0.25, -0.2) is 0 Å². The third-order valence-electron chi connectivity index (χ3n) is 3.23. The van der Waals surface area contributed by atoms with E-state index in [0.717, 1.165) is 24.9 Å². The Bertz CT molecular complexity index is 638. The van der Waals surface area contributed by atoms with Gasteiger partial charge in [0.25, 0.3) is 0 Å². The molecule has 146 valence electrons. The Morgan fingerprint density at radius 3 is 1.74 bits per heavy atom. The van der Waals surface area contributed by atoms with Crippen LogP contribution in [0.25, 0.3) is 11.1 Å². The molecule has 1 aromatic heterocycles. The summed E-state index contributed by atoms with van der Waals surface area (Å²) < 4.78 is 0. The van der Waals surface area contributed by atoms with E-state index in [1.807, 2.05) is 36.5 Å². The molecule has 1 unspecified atom stereocenters. The molecule has 0 aliphatic rings. The molecule has 27 heavy (non-hydrogen) atoms. The summed E-state index contributed by atoms with van der Waals surface area (Å²) in [6, 6.07) is 26.7. The van der Waals surface area contributed by atoms with E-state index in [2.05, 4.69) is 74.9 Å². The van der Waals surface area contributed by atoms with Gasteiger partial charge in [-0.3, -0.25) is 11.8 Å². The molecule has 0 aliphatic heterocycles. The molecule has 0 saturated heterocycles. The van der Waals surface area contributed by atoms with E-state index < -0.39 is 0 Å². The molecule has 3 rings (SSSR count). The molecule has 0 amide bonds. The fourth-order valence-corrected chi connectivity index (χ4v) is 2.29. The first-order valence-corrected chi connectivity index (χ1v) is 12.4. The van der Waals surface area contributed by atoms with Gasteiger partial charge in [-0.2, -0.15) is 0 Å². The monoisotopic (exact) mass is 579 g/mol. The summed E-state index contributed by atoms with van der Waals surface area (Å²) in [5.41, 5.74) is 3.65. The predicted molar refractivity (Wildman–Crippen MR) is 116 cm³/mol. The van der Waals surface area contributed by atoms with Crippen molar-refractivity contribution in [3.8, 4) is 11.1 Å². The number of pyridine rings is 1. The van der Waals surface area contributed by atoms with Crippen molar-refractivity contribution >= 4 is 25.7 Å². The number of halogens is 1. The number of nitrogens with zero attached hydrogens (tertiary/aromatic N) is 1. The van der Waals surface area contributed by atoms with Crippen LogP contribution in [0.1, 0.15) is 5.69 Å². The first kappa shape index (κ1) is 25.6. The molecule has 2 aromatic carbocycles. The van der Waals surface area contributed by atoms with E-state index in [9.17, 15) is 0 Å². The molecule has 0 spiro atoms. The minimum atomic E-state index is 0.870. The number of nitrogens with one attached hydrogen (secondary N) is 1. The van der Waals surface area contributed by atoms with Gasteiger partial charge in [-0.1, -0.05) is 66.7 Å². The Morgan fingerprint density at radius 1 is 0.852 bits per heavy atom. The van der Waals surface area contributed by atoms with Gasteiger partial charge in [0.05, 0.1) is 5.69 Å². The molecular weight excluding hydrogens is 553 g/mol. The van der Waals surface area contributed by atoms with E-state index >= 15 is 0 Å². The van der Waals surface area contributed by atoms with Crippen molar-refractivity contribution < 1.29 is 22.4 Å². The Hall–Kier alpha value is -1.42. The number of aromatic nitrogens is 1. The van der Waals surface area contributed by atoms with Gasteiger partial charge >= 0.3 is 27.2 Å². The van der Waals surface area contributed by atoms with Gasteiger partial charge in [0.15, 0.2) is 0 Å². The molecule has 6 heteroatoms. The van der Waals surface area contributed by atoms with E-state index in [1.54, 1.807) is 0 Å². The average Bonchev–Trinajstić information content (AvgIpc) is 2.79. The van der Waals surface area contributed by atoms with Gasteiger partial charge < -0.3 is 10.1 Å². The molecule has 3 nitrogen and oxygen atoms in total. The van der Waals surface area contributed by atoms with Gasteiger partial charge in [0, 0.05) is 12.7 Å². The van der Waals surface area contributed by atoms with Crippen LogP contribution in [0.2, 0.25) is 0 Å². The van der Waals surface area contributed by atoms with Crippen LogP contribution in [-0.2, 0) is 28.9 Å². The van der Waals surface area contributed by atoms with Crippen LogP contribution < -0.4 is 5.32 Å². The molecule has 0 aliphatic carbocycles. The van der Waals surface area contributed by atoms with Crippen LogP contribution in [0.3, 0.4) is 0 Å². The Kier molecular flexibility index (Phi) is 18.3. The number of hydrogen-bond donors (Lipinski definition) is 1. The molecule has 0 radical (unpaired) electrons. The van der Waals surface area contributed by atoms with E-state index in [1.165, 1.54) is 28.7 Å².